The molecule has 126 valence electrons. The molecule has 0 radical (unpaired) electrons. The van der Waals surface area contributed by atoms with E-state index in [1.807, 2.05) is 30.3 Å². The molecule has 2 fully saturated rings. The quantitative estimate of drug-likeness (QED) is 0.822. The second kappa shape index (κ2) is 8.29. The van der Waals surface area contributed by atoms with Crippen molar-refractivity contribution < 1.29 is 14.3 Å². The Morgan fingerprint density at radius 2 is 2.00 bits per heavy atom. The Balaban J connectivity index is 0.00000192. The third-order valence-electron chi connectivity index (χ3n) is 4.10. The number of morpholine rings is 1. The van der Waals surface area contributed by atoms with Gasteiger partial charge < -0.3 is 20.3 Å². The molecule has 23 heavy (non-hydrogen) atoms. The molecule has 2 heterocycles. The number of benzene rings is 1. The zero-order valence-corrected chi connectivity index (χ0v) is 13.7. The van der Waals surface area contributed by atoms with Crippen molar-refractivity contribution in [3.63, 3.8) is 0 Å². The van der Waals surface area contributed by atoms with E-state index in [2.05, 4.69) is 10.6 Å². The number of ether oxygens (including phenoxy) is 1. The first-order valence-electron chi connectivity index (χ1n) is 7.70. The van der Waals surface area contributed by atoms with E-state index < -0.39 is 6.10 Å². The number of amides is 2. The van der Waals surface area contributed by atoms with Gasteiger partial charge in [0, 0.05) is 26.2 Å². The van der Waals surface area contributed by atoms with Gasteiger partial charge in [-0.3, -0.25) is 9.59 Å². The molecule has 1 aromatic carbocycles. The molecule has 2 aliphatic heterocycles. The molecule has 0 saturated carbocycles. The van der Waals surface area contributed by atoms with Crippen LogP contribution < -0.4 is 10.6 Å². The molecular formula is C16H22ClN3O3. The molecule has 2 unspecified atom stereocenters. The van der Waals surface area contributed by atoms with Crippen LogP contribution in [0.3, 0.4) is 0 Å². The minimum Gasteiger partial charge on any atom is -0.366 e. The van der Waals surface area contributed by atoms with Crippen molar-refractivity contribution in [2.24, 2.45) is 0 Å². The summed E-state index contributed by atoms with van der Waals surface area (Å²) in [7, 11) is 0. The minimum absolute atomic E-state index is 0. The molecule has 0 spiro atoms. The summed E-state index contributed by atoms with van der Waals surface area (Å²) < 4.78 is 5.59. The SMILES string of the molecule is Cl.O=C1CC(c2ccccc2)N(C(=O)C2CNCCO2)CCN1. The summed E-state index contributed by atoms with van der Waals surface area (Å²) >= 11 is 0. The van der Waals surface area contributed by atoms with Crippen molar-refractivity contribution in [3.8, 4) is 0 Å². The van der Waals surface area contributed by atoms with Gasteiger partial charge in [0.1, 0.15) is 6.10 Å². The van der Waals surface area contributed by atoms with E-state index in [0.29, 0.717) is 26.2 Å². The van der Waals surface area contributed by atoms with E-state index in [-0.39, 0.29) is 36.7 Å². The first-order chi connectivity index (χ1) is 10.8. The molecule has 2 atom stereocenters. The van der Waals surface area contributed by atoms with Gasteiger partial charge in [-0.2, -0.15) is 0 Å². The van der Waals surface area contributed by atoms with Gasteiger partial charge in [-0.1, -0.05) is 30.3 Å². The summed E-state index contributed by atoms with van der Waals surface area (Å²) in [6, 6.07) is 9.48. The van der Waals surface area contributed by atoms with Crippen molar-refractivity contribution in [3.05, 3.63) is 35.9 Å². The molecule has 2 amide bonds. The van der Waals surface area contributed by atoms with Crippen LogP contribution in [-0.2, 0) is 14.3 Å². The van der Waals surface area contributed by atoms with Gasteiger partial charge in [0.2, 0.25) is 5.91 Å². The van der Waals surface area contributed by atoms with Gasteiger partial charge >= 0.3 is 0 Å². The second-order valence-corrected chi connectivity index (χ2v) is 5.58. The van der Waals surface area contributed by atoms with E-state index in [4.69, 9.17) is 4.74 Å². The van der Waals surface area contributed by atoms with Crippen molar-refractivity contribution >= 4 is 24.2 Å². The topological polar surface area (TPSA) is 70.7 Å². The molecule has 6 nitrogen and oxygen atoms in total. The standard InChI is InChI=1S/C16H21N3O3.ClH/c20-15-10-13(12-4-2-1-3-5-12)19(8-6-18-15)16(21)14-11-17-7-9-22-14;/h1-5,13-14,17H,6-11H2,(H,18,20);1H. The number of hydrogen-bond acceptors (Lipinski definition) is 4. The first kappa shape index (κ1) is 17.7. The number of nitrogens with zero attached hydrogens (tertiary/aromatic N) is 1. The number of carbonyl (C=O) groups is 2. The van der Waals surface area contributed by atoms with E-state index in [1.54, 1.807) is 4.90 Å². The van der Waals surface area contributed by atoms with Gasteiger partial charge in [0.05, 0.1) is 19.1 Å². The number of hydrogen-bond donors (Lipinski definition) is 2. The first-order valence-corrected chi connectivity index (χ1v) is 7.70. The Labute approximate surface area is 142 Å². The lowest BCUT2D eigenvalue weighted by Gasteiger charge is -2.34. The molecular weight excluding hydrogens is 318 g/mol. The Bertz CT molecular complexity index is 535. The number of rotatable bonds is 2. The monoisotopic (exact) mass is 339 g/mol. The summed E-state index contributed by atoms with van der Waals surface area (Å²) in [5.41, 5.74) is 0.983. The second-order valence-electron chi connectivity index (χ2n) is 5.58. The van der Waals surface area contributed by atoms with Crippen LogP contribution in [0, 0.1) is 0 Å². The third kappa shape index (κ3) is 4.22. The lowest BCUT2D eigenvalue weighted by molar-refractivity contribution is -0.147. The highest BCUT2D eigenvalue weighted by molar-refractivity contribution is 5.85. The summed E-state index contributed by atoms with van der Waals surface area (Å²) in [6.07, 6.45) is -0.177. The predicted octanol–water partition coefficient (Wildman–Crippen LogP) is 0.486. The normalized spacial score (nSPS) is 25.0. The molecule has 0 aliphatic carbocycles. The van der Waals surface area contributed by atoms with E-state index in [1.165, 1.54) is 0 Å². The zero-order chi connectivity index (χ0) is 15.4. The van der Waals surface area contributed by atoms with E-state index in [9.17, 15) is 9.59 Å². The molecule has 1 aromatic rings. The van der Waals surface area contributed by atoms with Crippen molar-refractivity contribution in [1.29, 1.82) is 0 Å². The van der Waals surface area contributed by atoms with Crippen LogP contribution in [-0.4, -0.2) is 55.6 Å². The molecule has 7 heteroatoms. The largest absolute Gasteiger partial charge is 0.366 e. The third-order valence-corrected chi connectivity index (χ3v) is 4.10. The molecule has 2 N–H and O–H groups in total. The van der Waals surface area contributed by atoms with Crippen LogP contribution >= 0.6 is 12.4 Å². The predicted molar refractivity (Wildman–Crippen MR) is 88.4 cm³/mol. The van der Waals surface area contributed by atoms with Gasteiger partial charge in [-0.25, -0.2) is 0 Å². The van der Waals surface area contributed by atoms with Crippen molar-refractivity contribution in [2.75, 3.05) is 32.8 Å². The van der Waals surface area contributed by atoms with Gasteiger partial charge in [-0.15, -0.1) is 12.4 Å². The van der Waals surface area contributed by atoms with Crippen LogP contribution in [0.25, 0.3) is 0 Å². The maximum absolute atomic E-state index is 12.8. The molecule has 3 rings (SSSR count). The Kier molecular flexibility index (Phi) is 6.38. The summed E-state index contributed by atoms with van der Waals surface area (Å²) in [5.74, 6) is -0.0654. The average molecular weight is 340 g/mol. The van der Waals surface area contributed by atoms with E-state index in [0.717, 1.165) is 12.1 Å². The number of halogens is 1. The summed E-state index contributed by atoms with van der Waals surface area (Å²) in [6.45, 7) is 2.82. The zero-order valence-electron chi connectivity index (χ0n) is 12.9. The van der Waals surface area contributed by atoms with E-state index >= 15 is 0 Å². The smallest absolute Gasteiger partial charge is 0.253 e. The van der Waals surface area contributed by atoms with Crippen LogP contribution in [0.15, 0.2) is 30.3 Å². The highest BCUT2D eigenvalue weighted by Crippen LogP contribution is 2.26. The van der Waals surface area contributed by atoms with Crippen molar-refractivity contribution in [1.82, 2.24) is 15.5 Å². The summed E-state index contributed by atoms with van der Waals surface area (Å²) in [4.78, 5) is 26.5. The van der Waals surface area contributed by atoms with Crippen LogP contribution in [0.1, 0.15) is 18.0 Å². The lowest BCUT2D eigenvalue weighted by Crippen LogP contribution is -2.50. The Hall–Kier alpha value is -1.63. The van der Waals surface area contributed by atoms with Crippen LogP contribution in [0.5, 0.6) is 0 Å². The van der Waals surface area contributed by atoms with Gasteiger partial charge in [0.25, 0.3) is 5.91 Å². The van der Waals surface area contributed by atoms with Gasteiger partial charge in [0.15, 0.2) is 0 Å². The van der Waals surface area contributed by atoms with Gasteiger partial charge in [-0.05, 0) is 5.56 Å². The van der Waals surface area contributed by atoms with Crippen molar-refractivity contribution in [2.45, 2.75) is 18.6 Å². The number of carbonyl (C=O) groups excluding carboxylic acids is 2. The lowest BCUT2D eigenvalue weighted by atomic mass is 10.0. The average Bonchev–Trinajstić information content (AvgIpc) is 2.77. The van der Waals surface area contributed by atoms with Crippen LogP contribution in [0.4, 0.5) is 0 Å². The highest BCUT2D eigenvalue weighted by Gasteiger charge is 2.34. The molecule has 0 aromatic heterocycles. The maximum atomic E-state index is 12.8. The van der Waals surface area contributed by atoms with Crippen LogP contribution in [0.2, 0.25) is 0 Å². The fourth-order valence-electron chi connectivity index (χ4n) is 2.98. The molecule has 0 bridgehead atoms. The molecule has 2 aliphatic rings. The fraction of sp³-hybridized carbons (Fsp3) is 0.500. The summed E-state index contributed by atoms with van der Waals surface area (Å²) in [5, 5.41) is 6.02. The minimum atomic E-state index is -0.465. The number of nitrogens with one attached hydrogen (secondary N) is 2. The highest BCUT2D eigenvalue weighted by atomic mass is 35.5. The fourth-order valence-corrected chi connectivity index (χ4v) is 2.98. The maximum Gasteiger partial charge on any atom is 0.253 e. The molecule has 2 saturated heterocycles. The Morgan fingerprint density at radius 3 is 2.70 bits per heavy atom. The Morgan fingerprint density at radius 1 is 1.22 bits per heavy atom.